The zero-order chi connectivity index (χ0) is 19.1. The first-order chi connectivity index (χ1) is 13.2. The van der Waals surface area contributed by atoms with Gasteiger partial charge in [-0.2, -0.15) is 0 Å². The van der Waals surface area contributed by atoms with Gasteiger partial charge in [-0.1, -0.05) is 36.4 Å². The highest BCUT2D eigenvalue weighted by Gasteiger charge is 2.17. The molecule has 0 unspecified atom stereocenters. The van der Waals surface area contributed by atoms with Crippen molar-refractivity contribution >= 4 is 23.2 Å². The molecular formula is C22H20N2O3. The molecule has 0 aromatic heterocycles. The lowest BCUT2D eigenvalue weighted by Crippen LogP contribution is -2.17. The van der Waals surface area contributed by atoms with E-state index in [-0.39, 0.29) is 11.8 Å². The van der Waals surface area contributed by atoms with Crippen molar-refractivity contribution in [3.8, 4) is 5.75 Å². The van der Waals surface area contributed by atoms with Crippen LogP contribution in [0, 0.1) is 0 Å². The molecule has 0 aliphatic heterocycles. The summed E-state index contributed by atoms with van der Waals surface area (Å²) in [6.07, 6.45) is 0. The fraction of sp³-hybridized carbons (Fsp3) is 0.0909. The van der Waals surface area contributed by atoms with E-state index in [4.69, 9.17) is 4.74 Å². The molecule has 5 heteroatoms. The van der Waals surface area contributed by atoms with Crippen LogP contribution in [0.4, 0.5) is 11.4 Å². The van der Waals surface area contributed by atoms with E-state index in [1.165, 1.54) is 0 Å². The van der Waals surface area contributed by atoms with Gasteiger partial charge in [0.1, 0.15) is 5.75 Å². The molecule has 3 rings (SSSR count). The first-order valence-electron chi connectivity index (χ1n) is 8.67. The van der Waals surface area contributed by atoms with Gasteiger partial charge in [0.25, 0.3) is 11.8 Å². The summed E-state index contributed by atoms with van der Waals surface area (Å²) >= 11 is 0. The topological polar surface area (TPSA) is 67.4 Å². The van der Waals surface area contributed by atoms with E-state index >= 15 is 0 Å². The predicted octanol–water partition coefficient (Wildman–Crippen LogP) is 4.59. The minimum Gasteiger partial charge on any atom is -0.493 e. The van der Waals surface area contributed by atoms with Crippen molar-refractivity contribution in [3.05, 3.63) is 90.0 Å². The van der Waals surface area contributed by atoms with Gasteiger partial charge in [0.15, 0.2) is 0 Å². The number of rotatable bonds is 6. The van der Waals surface area contributed by atoms with E-state index in [0.717, 1.165) is 0 Å². The lowest BCUT2D eigenvalue weighted by Gasteiger charge is -2.13. The normalized spacial score (nSPS) is 10.1. The van der Waals surface area contributed by atoms with Crippen molar-refractivity contribution in [2.24, 2.45) is 0 Å². The number of carbonyl (C=O) groups excluding carboxylic acids is 2. The molecule has 0 fully saturated rings. The molecule has 0 atom stereocenters. The SMILES string of the molecule is CCOc1ccc(C(=O)Nc2ccccc2)cc1C(=O)Nc1ccccc1. The zero-order valence-corrected chi connectivity index (χ0v) is 14.9. The molecule has 0 heterocycles. The number of para-hydroxylation sites is 2. The highest BCUT2D eigenvalue weighted by Crippen LogP contribution is 2.23. The van der Waals surface area contributed by atoms with Crippen molar-refractivity contribution in [1.29, 1.82) is 0 Å². The second-order valence-electron chi connectivity index (χ2n) is 5.78. The summed E-state index contributed by atoms with van der Waals surface area (Å²) in [5.41, 5.74) is 2.04. The van der Waals surface area contributed by atoms with Gasteiger partial charge in [0, 0.05) is 16.9 Å². The fourth-order valence-corrected chi connectivity index (χ4v) is 2.57. The molecule has 0 radical (unpaired) electrons. The Balaban J connectivity index is 1.85. The lowest BCUT2D eigenvalue weighted by atomic mass is 10.1. The molecule has 3 aromatic carbocycles. The van der Waals surface area contributed by atoms with E-state index in [9.17, 15) is 9.59 Å². The van der Waals surface area contributed by atoms with Gasteiger partial charge in [-0.05, 0) is 49.4 Å². The molecule has 0 bridgehead atoms. The van der Waals surface area contributed by atoms with Crippen LogP contribution in [0.2, 0.25) is 0 Å². The van der Waals surface area contributed by atoms with Crippen molar-refractivity contribution in [1.82, 2.24) is 0 Å². The van der Waals surface area contributed by atoms with Gasteiger partial charge in [-0.15, -0.1) is 0 Å². The molecular weight excluding hydrogens is 340 g/mol. The van der Waals surface area contributed by atoms with E-state index in [1.807, 2.05) is 43.3 Å². The van der Waals surface area contributed by atoms with Gasteiger partial charge in [0.05, 0.1) is 12.2 Å². The maximum atomic E-state index is 12.7. The number of hydrogen-bond acceptors (Lipinski definition) is 3. The predicted molar refractivity (Wildman–Crippen MR) is 106 cm³/mol. The van der Waals surface area contributed by atoms with Crippen LogP contribution in [0.25, 0.3) is 0 Å². The number of amides is 2. The minimum absolute atomic E-state index is 0.294. The molecule has 0 aliphatic carbocycles. The first-order valence-corrected chi connectivity index (χ1v) is 8.67. The van der Waals surface area contributed by atoms with Crippen molar-refractivity contribution < 1.29 is 14.3 Å². The summed E-state index contributed by atoms with van der Waals surface area (Å²) < 4.78 is 5.56. The number of benzene rings is 3. The monoisotopic (exact) mass is 360 g/mol. The average molecular weight is 360 g/mol. The van der Waals surface area contributed by atoms with Crippen LogP contribution in [-0.2, 0) is 0 Å². The van der Waals surface area contributed by atoms with Crippen LogP contribution < -0.4 is 15.4 Å². The van der Waals surface area contributed by atoms with Gasteiger partial charge < -0.3 is 15.4 Å². The molecule has 136 valence electrons. The molecule has 2 amide bonds. The molecule has 0 saturated heterocycles. The summed E-state index contributed by atoms with van der Waals surface area (Å²) in [5.74, 6) is -0.195. The molecule has 3 aromatic rings. The summed E-state index contributed by atoms with van der Waals surface area (Å²) in [4.78, 5) is 25.3. The Morgan fingerprint density at radius 3 is 1.89 bits per heavy atom. The van der Waals surface area contributed by atoms with Gasteiger partial charge in [-0.25, -0.2) is 0 Å². The van der Waals surface area contributed by atoms with Crippen molar-refractivity contribution in [3.63, 3.8) is 0 Å². The first kappa shape index (κ1) is 18.2. The van der Waals surface area contributed by atoms with Gasteiger partial charge >= 0.3 is 0 Å². The number of nitrogens with one attached hydrogen (secondary N) is 2. The molecule has 0 saturated carbocycles. The average Bonchev–Trinajstić information content (AvgIpc) is 2.70. The highest BCUT2D eigenvalue weighted by molar-refractivity contribution is 6.10. The molecule has 0 spiro atoms. The number of ether oxygens (including phenoxy) is 1. The zero-order valence-electron chi connectivity index (χ0n) is 14.9. The molecule has 0 aliphatic rings. The summed E-state index contributed by atoms with van der Waals surface area (Å²) in [5, 5.41) is 5.64. The second kappa shape index (κ2) is 8.67. The van der Waals surface area contributed by atoms with E-state index in [2.05, 4.69) is 10.6 Å². The Hall–Kier alpha value is -3.60. The molecule has 5 nitrogen and oxygen atoms in total. The van der Waals surface area contributed by atoms with Crippen LogP contribution in [0.15, 0.2) is 78.9 Å². The van der Waals surface area contributed by atoms with Gasteiger partial charge in [-0.3, -0.25) is 9.59 Å². The summed E-state index contributed by atoms with van der Waals surface area (Å²) in [7, 11) is 0. The number of carbonyl (C=O) groups is 2. The molecule has 27 heavy (non-hydrogen) atoms. The van der Waals surface area contributed by atoms with Crippen LogP contribution in [0.3, 0.4) is 0 Å². The summed E-state index contributed by atoms with van der Waals surface area (Å²) in [6.45, 7) is 2.26. The largest absolute Gasteiger partial charge is 0.493 e. The Kier molecular flexibility index (Phi) is 5.84. The Morgan fingerprint density at radius 1 is 0.778 bits per heavy atom. The highest BCUT2D eigenvalue weighted by atomic mass is 16.5. The fourth-order valence-electron chi connectivity index (χ4n) is 2.57. The van der Waals surface area contributed by atoms with Crippen molar-refractivity contribution in [2.45, 2.75) is 6.92 Å². The minimum atomic E-state index is -0.334. The third kappa shape index (κ3) is 4.73. The Morgan fingerprint density at radius 2 is 1.33 bits per heavy atom. The summed E-state index contributed by atoms with van der Waals surface area (Å²) in [6, 6.07) is 23.1. The smallest absolute Gasteiger partial charge is 0.259 e. The third-order valence-electron chi connectivity index (χ3n) is 3.85. The van der Waals surface area contributed by atoms with Crippen LogP contribution in [0.5, 0.6) is 5.75 Å². The van der Waals surface area contributed by atoms with Crippen LogP contribution in [-0.4, -0.2) is 18.4 Å². The standard InChI is InChI=1S/C22H20N2O3/c1-2-27-20-14-13-16(21(25)23-17-9-5-3-6-10-17)15-19(20)22(26)24-18-11-7-4-8-12-18/h3-15H,2H2,1H3,(H,23,25)(H,24,26). The van der Waals surface area contributed by atoms with Gasteiger partial charge in [0.2, 0.25) is 0 Å². The van der Waals surface area contributed by atoms with E-state index in [0.29, 0.717) is 34.9 Å². The second-order valence-corrected chi connectivity index (χ2v) is 5.78. The van der Waals surface area contributed by atoms with Crippen molar-refractivity contribution in [2.75, 3.05) is 17.2 Å². The maximum Gasteiger partial charge on any atom is 0.259 e. The third-order valence-corrected chi connectivity index (χ3v) is 3.85. The number of hydrogen-bond donors (Lipinski definition) is 2. The van der Waals surface area contributed by atoms with Crippen LogP contribution >= 0.6 is 0 Å². The Labute approximate surface area is 158 Å². The Bertz CT molecular complexity index is 925. The van der Waals surface area contributed by atoms with E-state index in [1.54, 1.807) is 42.5 Å². The maximum absolute atomic E-state index is 12.7. The molecule has 2 N–H and O–H groups in total. The number of anilines is 2. The lowest BCUT2D eigenvalue weighted by molar-refractivity contribution is 0.102. The van der Waals surface area contributed by atoms with Crippen LogP contribution in [0.1, 0.15) is 27.6 Å². The van der Waals surface area contributed by atoms with E-state index < -0.39 is 0 Å². The quantitative estimate of drug-likeness (QED) is 0.676.